The number of nitrogens with zero attached hydrogens (tertiary/aromatic N) is 1. The highest BCUT2D eigenvalue weighted by molar-refractivity contribution is 5.89. The van der Waals surface area contributed by atoms with E-state index >= 15 is 0 Å². The van der Waals surface area contributed by atoms with Gasteiger partial charge in [0.25, 0.3) is 0 Å². The van der Waals surface area contributed by atoms with Crippen molar-refractivity contribution in [2.24, 2.45) is 0 Å². The maximum Gasteiger partial charge on any atom is 0.416 e. The maximum atomic E-state index is 13.3. The van der Waals surface area contributed by atoms with E-state index in [0.29, 0.717) is 11.3 Å². The van der Waals surface area contributed by atoms with Gasteiger partial charge in [0.15, 0.2) is 0 Å². The molecule has 0 aliphatic heterocycles. The summed E-state index contributed by atoms with van der Waals surface area (Å²) in [4.78, 5) is 15.0. The molecule has 2 amide bonds. The van der Waals surface area contributed by atoms with Crippen molar-refractivity contribution in [3.63, 3.8) is 0 Å². The maximum absolute atomic E-state index is 13.3. The molecule has 0 heterocycles. The van der Waals surface area contributed by atoms with Gasteiger partial charge in [0.1, 0.15) is 0 Å². The van der Waals surface area contributed by atoms with E-state index in [4.69, 9.17) is 0 Å². The summed E-state index contributed by atoms with van der Waals surface area (Å²) in [6, 6.07) is 21.8. The third-order valence-corrected chi connectivity index (χ3v) is 5.63. The summed E-state index contributed by atoms with van der Waals surface area (Å²) in [7, 11) is 0. The minimum Gasteiger partial charge on any atom is -0.313 e. The summed E-state index contributed by atoms with van der Waals surface area (Å²) >= 11 is 0. The molecule has 0 spiro atoms. The molecule has 1 aliphatic carbocycles. The average molecular weight is 424 g/mol. The van der Waals surface area contributed by atoms with Crippen LogP contribution >= 0.6 is 0 Å². The lowest BCUT2D eigenvalue weighted by Crippen LogP contribution is -2.39. The fourth-order valence-electron chi connectivity index (χ4n) is 4.09. The van der Waals surface area contributed by atoms with Crippen LogP contribution in [0.3, 0.4) is 0 Å². The smallest absolute Gasteiger partial charge is 0.313 e. The van der Waals surface area contributed by atoms with E-state index in [0.717, 1.165) is 37.0 Å². The zero-order valence-corrected chi connectivity index (χ0v) is 16.9. The highest BCUT2D eigenvalue weighted by atomic mass is 19.4. The van der Waals surface area contributed by atoms with Crippen molar-refractivity contribution in [3.8, 4) is 0 Å². The van der Waals surface area contributed by atoms with Gasteiger partial charge in [0.05, 0.1) is 11.6 Å². The number of carbonyl (C=O) groups is 1. The lowest BCUT2D eigenvalue weighted by Gasteiger charge is -2.36. The normalized spacial score (nSPS) is 15.8. The van der Waals surface area contributed by atoms with Gasteiger partial charge in [0, 0.05) is 12.2 Å². The zero-order chi connectivity index (χ0) is 21.8. The number of benzene rings is 3. The molecule has 1 N–H and O–H groups in total. The second-order valence-corrected chi connectivity index (χ2v) is 7.73. The molecule has 0 saturated heterocycles. The number of amides is 2. The number of anilines is 1. The van der Waals surface area contributed by atoms with Crippen molar-refractivity contribution in [2.75, 3.05) is 5.32 Å². The Hall–Kier alpha value is -3.28. The Kier molecular flexibility index (Phi) is 5.98. The predicted octanol–water partition coefficient (Wildman–Crippen LogP) is 6.82. The molecular formula is C25H23F3N2O. The highest BCUT2D eigenvalue weighted by Crippen LogP contribution is 2.36. The molecular weight excluding hydrogens is 401 g/mol. The minimum atomic E-state index is -4.38. The number of alkyl halides is 3. The van der Waals surface area contributed by atoms with Crippen LogP contribution in [0.25, 0.3) is 0 Å². The molecule has 1 atom stereocenters. The minimum absolute atomic E-state index is 0.143. The highest BCUT2D eigenvalue weighted by Gasteiger charge is 2.31. The van der Waals surface area contributed by atoms with Crippen LogP contribution in [0.4, 0.5) is 23.7 Å². The molecule has 0 bridgehead atoms. The second kappa shape index (κ2) is 8.84. The van der Waals surface area contributed by atoms with E-state index in [2.05, 4.69) is 11.4 Å². The Morgan fingerprint density at radius 1 is 0.935 bits per heavy atom. The van der Waals surface area contributed by atoms with Crippen molar-refractivity contribution in [1.82, 2.24) is 4.90 Å². The average Bonchev–Trinajstić information content (AvgIpc) is 2.77. The molecule has 3 aromatic rings. The Bertz CT molecular complexity index is 1030. The number of rotatable bonds is 4. The summed E-state index contributed by atoms with van der Waals surface area (Å²) in [5, 5.41) is 2.93. The number of hydrogen-bond acceptors (Lipinski definition) is 1. The van der Waals surface area contributed by atoms with E-state index < -0.39 is 11.7 Å². The Morgan fingerprint density at radius 3 is 2.32 bits per heavy atom. The van der Waals surface area contributed by atoms with Crippen LogP contribution in [0.2, 0.25) is 0 Å². The summed E-state index contributed by atoms with van der Waals surface area (Å²) < 4.78 is 38.8. The fourth-order valence-corrected chi connectivity index (χ4v) is 4.09. The summed E-state index contributed by atoms with van der Waals surface area (Å²) in [6.45, 7) is 0.218. The third-order valence-electron chi connectivity index (χ3n) is 5.63. The van der Waals surface area contributed by atoms with E-state index in [1.807, 2.05) is 48.5 Å². The quantitative estimate of drug-likeness (QED) is 0.490. The second-order valence-electron chi connectivity index (χ2n) is 7.73. The number of halogens is 3. The largest absolute Gasteiger partial charge is 0.416 e. The molecule has 3 aromatic carbocycles. The van der Waals surface area contributed by atoms with Crippen LogP contribution in [0.15, 0.2) is 78.9 Å². The van der Waals surface area contributed by atoms with Crippen molar-refractivity contribution in [3.05, 3.63) is 101 Å². The molecule has 31 heavy (non-hydrogen) atoms. The standard InChI is InChI=1S/C25H23F3N2O/c26-25(27,28)20-15-13-18(14-16-20)17-30(24(31)29-21-9-2-1-3-10-21)23-12-6-8-19-7-4-5-11-22(19)23/h1-5,7,9-11,13-16,23H,6,8,12,17H2,(H,29,31). The van der Waals surface area contributed by atoms with Gasteiger partial charge in [-0.3, -0.25) is 0 Å². The summed E-state index contributed by atoms with van der Waals surface area (Å²) in [5.74, 6) is 0. The third kappa shape index (κ3) is 4.90. The van der Waals surface area contributed by atoms with Gasteiger partial charge in [0.2, 0.25) is 0 Å². The van der Waals surface area contributed by atoms with E-state index in [1.165, 1.54) is 17.7 Å². The van der Waals surface area contributed by atoms with Crippen LogP contribution in [0.5, 0.6) is 0 Å². The van der Waals surface area contributed by atoms with Crippen LogP contribution in [-0.4, -0.2) is 10.9 Å². The molecule has 1 unspecified atom stereocenters. The number of para-hydroxylation sites is 1. The van der Waals surface area contributed by atoms with Gasteiger partial charge >= 0.3 is 12.2 Å². The number of hydrogen-bond donors (Lipinski definition) is 1. The van der Waals surface area contributed by atoms with Gasteiger partial charge < -0.3 is 10.2 Å². The monoisotopic (exact) mass is 424 g/mol. The van der Waals surface area contributed by atoms with E-state index in [1.54, 1.807) is 4.90 Å². The number of nitrogens with one attached hydrogen (secondary N) is 1. The van der Waals surface area contributed by atoms with Crippen LogP contribution in [0, 0.1) is 0 Å². The van der Waals surface area contributed by atoms with Crippen LogP contribution < -0.4 is 5.32 Å². The predicted molar refractivity (Wildman–Crippen MR) is 115 cm³/mol. The molecule has 6 heteroatoms. The topological polar surface area (TPSA) is 32.3 Å². The first kappa shape index (κ1) is 21.0. The molecule has 3 nitrogen and oxygen atoms in total. The van der Waals surface area contributed by atoms with Gasteiger partial charge in [-0.25, -0.2) is 4.79 Å². The molecule has 1 aliphatic rings. The molecule has 160 valence electrons. The number of aryl methyl sites for hydroxylation is 1. The first-order chi connectivity index (χ1) is 14.9. The number of carbonyl (C=O) groups excluding carboxylic acids is 1. The number of urea groups is 1. The molecule has 0 fully saturated rings. The molecule has 0 aromatic heterocycles. The van der Waals surface area contributed by atoms with Gasteiger partial charge in [-0.05, 0) is 60.2 Å². The van der Waals surface area contributed by atoms with E-state index in [9.17, 15) is 18.0 Å². The fraction of sp³-hybridized carbons (Fsp3) is 0.240. The van der Waals surface area contributed by atoms with Crippen LogP contribution in [0.1, 0.15) is 41.1 Å². The molecule has 0 saturated carbocycles. The first-order valence-electron chi connectivity index (χ1n) is 10.3. The number of fused-ring (bicyclic) bond motifs is 1. The molecule has 4 rings (SSSR count). The Balaban J connectivity index is 1.64. The van der Waals surface area contributed by atoms with Crippen molar-refractivity contribution < 1.29 is 18.0 Å². The van der Waals surface area contributed by atoms with Gasteiger partial charge in [-0.1, -0.05) is 54.6 Å². The van der Waals surface area contributed by atoms with Crippen molar-refractivity contribution in [1.29, 1.82) is 0 Å². The lowest BCUT2D eigenvalue weighted by atomic mass is 9.86. The summed E-state index contributed by atoms with van der Waals surface area (Å²) in [6.07, 6.45) is -1.67. The molecule has 0 radical (unpaired) electrons. The zero-order valence-electron chi connectivity index (χ0n) is 16.9. The van der Waals surface area contributed by atoms with Crippen LogP contribution in [-0.2, 0) is 19.1 Å². The van der Waals surface area contributed by atoms with Crippen molar-refractivity contribution in [2.45, 2.75) is 38.0 Å². The Morgan fingerprint density at radius 2 is 1.61 bits per heavy atom. The summed E-state index contributed by atoms with van der Waals surface area (Å²) in [5.41, 5.74) is 2.94. The van der Waals surface area contributed by atoms with Gasteiger partial charge in [-0.2, -0.15) is 13.2 Å². The van der Waals surface area contributed by atoms with Crippen molar-refractivity contribution >= 4 is 11.7 Å². The lowest BCUT2D eigenvalue weighted by molar-refractivity contribution is -0.137. The first-order valence-corrected chi connectivity index (χ1v) is 10.3. The Labute approximate surface area is 179 Å². The van der Waals surface area contributed by atoms with E-state index in [-0.39, 0.29) is 18.6 Å². The van der Waals surface area contributed by atoms with Gasteiger partial charge in [-0.15, -0.1) is 0 Å². The SMILES string of the molecule is O=C(Nc1ccccc1)N(Cc1ccc(C(F)(F)F)cc1)C1CCCc2ccccc21.